The standard InChI is InChI=1S/C18H16FN3O2S/c1-24-14-6-7-16-15(8-14)21-18(25-16)22-9-11(10-22)17(23)20-13-4-2-12(19)3-5-13/h2-8,11H,9-10H2,1H3,(H,20,23). The van der Waals surface area contributed by atoms with Gasteiger partial charge in [-0.3, -0.25) is 4.79 Å². The van der Waals surface area contributed by atoms with Gasteiger partial charge in [0.15, 0.2) is 5.13 Å². The first-order valence-electron chi connectivity index (χ1n) is 7.88. The van der Waals surface area contributed by atoms with E-state index in [1.54, 1.807) is 30.6 Å². The summed E-state index contributed by atoms with van der Waals surface area (Å²) in [5.41, 5.74) is 1.51. The molecule has 1 N–H and O–H groups in total. The van der Waals surface area contributed by atoms with Crippen molar-refractivity contribution in [3.63, 3.8) is 0 Å². The van der Waals surface area contributed by atoms with Crippen LogP contribution >= 0.6 is 11.3 Å². The lowest BCUT2D eigenvalue weighted by Gasteiger charge is -2.37. The second-order valence-electron chi connectivity index (χ2n) is 5.93. The van der Waals surface area contributed by atoms with Crippen LogP contribution in [0.3, 0.4) is 0 Å². The summed E-state index contributed by atoms with van der Waals surface area (Å²) in [5.74, 6) is 0.321. The first-order valence-corrected chi connectivity index (χ1v) is 8.70. The smallest absolute Gasteiger partial charge is 0.231 e. The van der Waals surface area contributed by atoms with Crippen LogP contribution in [0.2, 0.25) is 0 Å². The number of anilines is 2. The van der Waals surface area contributed by atoms with Gasteiger partial charge in [-0.2, -0.15) is 0 Å². The molecular formula is C18H16FN3O2S. The van der Waals surface area contributed by atoms with Crippen molar-refractivity contribution >= 4 is 38.3 Å². The number of hydrogen-bond acceptors (Lipinski definition) is 5. The Balaban J connectivity index is 1.39. The van der Waals surface area contributed by atoms with E-state index in [2.05, 4.69) is 15.2 Å². The van der Waals surface area contributed by atoms with Crippen LogP contribution in [0.4, 0.5) is 15.2 Å². The van der Waals surface area contributed by atoms with Crippen molar-refractivity contribution in [3.8, 4) is 5.75 Å². The minimum atomic E-state index is -0.319. The first-order chi connectivity index (χ1) is 12.1. The number of halogens is 1. The molecule has 2 aromatic carbocycles. The zero-order valence-electron chi connectivity index (χ0n) is 13.5. The number of rotatable bonds is 4. The molecule has 128 valence electrons. The Hall–Kier alpha value is -2.67. The molecule has 1 aromatic heterocycles. The lowest BCUT2D eigenvalue weighted by molar-refractivity contribution is -0.120. The zero-order valence-corrected chi connectivity index (χ0v) is 14.3. The number of carbonyl (C=O) groups is 1. The molecule has 2 heterocycles. The fourth-order valence-corrected chi connectivity index (χ4v) is 3.70. The Labute approximate surface area is 148 Å². The Morgan fingerprint density at radius 3 is 2.76 bits per heavy atom. The number of hydrogen-bond donors (Lipinski definition) is 1. The molecule has 0 radical (unpaired) electrons. The molecule has 0 spiro atoms. The minimum absolute atomic E-state index is 0.0503. The van der Waals surface area contributed by atoms with Crippen LogP contribution in [0.1, 0.15) is 0 Å². The summed E-state index contributed by atoms with van der Waals surface area (Å²) < 4.78 is 19.2. The van der Waals surface area contributed by atoms with Gasteiger partial charge in [-0.15, -0.1) is 0 Å². The van der Waals surface area contributed by atoms with Crippen LogP contribution in [0.25, 0.3) is 10.2 Å². The van der Waals surface area contributed by atoms with Crippen LogP contribution in [0.5, 0.6) is 5.75 Å². The highest BCUT2D eigenvalue weighted by atomic mass is 32.1. The summed E-state index contributed by atoms with van der Waals surface area (Å²) in [6, 6.07) is 11.6. The van der Waals surface area contributed by atoms with Gasteiger partial charge in [-0.1, -0.05) is 11.3 Å². The predicted molar refractivity (Wildman–Crippen MR) is 96.9 cm³/mol. The van der Waals surface area contributed by atoms with Gasteiger partial charge in [-0.25, -0.2) is 9.37 Å². The highest BCUT2D eigenvalue weighted by Crippen LogP contribution is 2.34. The maximum absolute atomic E-state index is 12.9. The van der Waals surface area contributed by atoms with Crippen molar-refractivity contribution in [2.75, 3.05) is 30.4 Å². The van der Waals surface area contributed by atoms with Gasteiger partial charge in [0.1, 0.15) is 11.6 Å². The van der Waals surface area contributed by atoms with Crippen molar-refractivity contribution < 1.29 is 13.9 Å². The number of methoxy groups -OCH3 is 1. The third kappa shape index (κ3) is 3.15. The largest absolute Gasteiger partial charge is 0.497 e. The van der Waals surface area contributed by atoms with E-state index in [9.17, 15) is 9.18 Å². The quantitative estimate of drug-likeness (QED) is 0.776. The van der Waals surface area contributed by atoms with Gasteiger partial charge in [0.2, 0.25) is 5.91 Å². The SMILES string of the molecule is COc1ccc2sc(N3CC(C(=O)Nc4ccc(F)cc4)C3)nc2c1. The minimum Gasteiger partial charge on any atom is -0.497 e. The monoisotopic (exact) mass is 357 g/mol. The Morgan fingerprint density at radius 1 is 1.28 bits per heavy atom. The summed E-state index contributed by atoms with van der Waals surface area (Å²) in [4.78, 5) is 19.0. The summed E-state index contributed by atoms with van der Waals surface area (Å²) in [5, 5.41) is 3.73. The fourth-order valence-electron chi connectivity index (χ4n) is 2.74. The third-order valence-electron chi connectivity index (χ3n) is 4.22. The van der Waals surface area contributed by atoms with E-state index in [4.69, 9.17) is 4.74 Å². The Kier molecular flexibility index (Phi) is 4.01. The molecule has 7 heteroatoms. The summed E-state index contributed by atoms with van der Waals surface area (Å²) in [6.07, 6.45) is 0. The number of aromatic nitrogens is 1. The molecule has 0 atom stereocenters. The summed E-state index contributed by atoms with van der Waals surface area (Å²) in [7, 11) is 1.63. The first kappa shape index (κ1) is 15.8. The van der Waals surface area contributed by atoms with Gasteiger partial charge in [0, 0.05) is 24.8 Å². The van der Waals surface area contributed by atoms with Crippen LogP contribution in [-0.4, -0.2) is 31.1 Å². The van der Waals surface area contributed by atoms with E-state index in [1.807, 2.05) is 18.2 Å². The van der Waals surface area contributed by atoms with Gasteiger partial charge >= 0.3 is 0 Å². The maximum atomic E-state index is 12.9. The lowest BCUT2D eigenvalue weighted by Crippen LogP contribution is -2.52. The molecule has 1 amide bonds. The Bertz CT molecular complexity index is 920. The number of ether oxygens (including phenoxy) is 1. The number of amides is 1. The van der Waals surface area contributed by atoms with Gasteiger partial charge in [0.05, 0.1) is 23.2 Å². The van der Waals surface area contributed by atoms with Crippen LogP contribution in [0, 0.1) is 11.7 Å². The number of carbonyl (C=O) groups excluding carboxylic acids is 1. The summed E-state index contributed by atoms with van der Waals surface area (Å²) >= 11 is 1.61. The molecule has 3 aromatic rings. The van der Waals surface area contributed by atoms with E-state index in [1.165, 1.54) is 12.1 Å². The molecule has 1 aliphatic heterocycles. The maximum Gasteiger partial charge on any atom is 0.231 e. The summed E-state index contributed by atoms with van der Waals surface area (Å²) in [6.45, 7) is 1.26. The number of fused-ring (bicyclic) bond motifs is 1. The van der Waals surface area contributed by atoms with E-state index >= 15 is 0 Å². The topological polar surface area (TPSA) is 54.5 Å². The third-order valence-corrected chi connectivity index (χ3v) is 5.32. The zero-order chi connectivity index (χ0) is 17.4. The molecule has 1 aliphatic rings. The average Bonchev–Trinajstić information content (AvgIpc) is 2.98. The number of nitrogens with zero attached hydrogens (tertiary/aromatic N) is 2. The van der Waals surface area contributed by atoms with Gasteiger partial charge in [-0.05, 0) is 36.4 Å². The van der Waals surface area contributed by atoms with E-state index < -0.39 is 0 Å². The number of thiazole rings is 1. The Morgan fingerprint density at radius 2 is 2.04 bits per heavy atom. The van der Waals surface area contributed by atoms with Crippen LogP contribution < -0.4 is 15.0 Å². The molecule has 0 unspecified atom stereocenters. The molecule has 1 fully saturated rings. The van der Waals surface area contributed by atoms with Crippen LogP contribution in [-0.2, 0) is 4.79 Å². The van der Waals surface area contributed by atoms with Gasteiger partial charge in [0.25, 0.3) is 0 Å². The van der Waals surface area contributed by atoms with Crippen molar-refractivity contribution in [3.05, 3.63) is 48.3 Å². The normalized spacial score (nSPS) is 14.4. The molecule has 4 rings (SSSR count). The van der Waals surface area contributed by atoms with Crippen molar-refractivity contribution in [2.24, 2.45) is 5.92 Å². The molecule has 0 saturated carbocycles. The second-order valence-corrected chi connectivity index (χ2v) is 6.94. The fraction of sp³-hybridized carbons (Fsp3) is 0.222. The van der Waals surface area contributed by atoms with Gasteiger partial charge < -0.3 is 15.0 Å². The molecule has 25 heavy (non-hydrogen) atoms. The highest BCUT2D eigenvalue weighted by molar-refractivity contribution is 7.22. The molecule has 5 nitrogen and oxygen atoms in total. The molecule has 0 bridgehead atoms. The van der Waals surface area contributed by atoms with Crippen molar-refractivity contribution in [2.45, 2.75) is 0 Å². The van der Waals surface area contributed by atoms with Crippen LogP contribution in [0.15, 0.2) is 42.5 Å². The van der Waals surface area contributed by atoms with E-state index in [0.717, 1.165) is 21.1 Å². The molecule has 1 saturated heterocycles. The molecular weight excluding hydrogens is 341 g/mol. The molecule has 0 aliphatic carbocycles. The van der Waals surface area contributed by atoms with Crippen molar-refractivity contribution in [1.29, 1.82) is 0 Å². The van der Waals surface area contributed by atoms with Crippen molar-refractivity contribution in [1.82, 2.24) is 4.98 Å². The van der Waals surface area contributed by atoms with E-state index in [-0.39, 0.29) is 17.6 Å². The lowest BCUT2D eigenvalue weighted by atomic mass is 10.00. The second kappa shape index (κ2) is 6.33. The highest BCUT2D eigenvalue weighted by Gasteiger charge is 2.34. The number of nitrogens with one attached hydrogen (secondary N) is 1. The number of benzene rings is 2. The van der Waals surface area contributed by atoms with E-state index in [0.29, 0.717) is 18.8 Å². The predicted octanol–water partition coefficient (Wildman–Crippen LogP) is 3.52. The average molecular weight is 357 g/mol.